The molecule has 1 aliphatic rings. The molecular formula is C19H26N2O10S. The minimum atomic E-state index is -4.03. The second-order valence-corrected chi connectivity index (χ2v) is 8.90. The molecule has 0 saturated carbocycles. The van der Waals surface area contributed by atoms with Gasteiger partial charge in [0.2, 0.25) is 16.6 Å². The first-order valence-electron chi connectivity index (χ1n) is 9.76. The van der Waals surface area contributed by atoms with E-state index < -0.39 is 58.0 Å². The van der Waals surface area contributed by atoms with Crippen LogP contribution in [-0.4, -0.2) is 69.6 Å². The molecule has 0 radical (unpaired) electrons. The number of hydrogen-bond donors (Lipinski definition) is 1. The van der Waals surface area contributed by atoms with Crippen molar-refractivity contribution in [1.82, 2.24) is 4.72 Å². The van der Waals surface area contributed by atoms with Crippen LogP contribution in [0.4, 0.5) is 0 Å². The SMILES string of the molecule is CC(=O)OC[C@H]1O[C@H](OCC[N+](=O)[O-])C[C@H](NS(=O)(=O)c2ccc(C)cc2)[C@@H]1OC(C)=O. The van der Waals surface area contributed by atoms with Gasteiger partial charge in [-0.05, 0) is 19.1 Å². The summed E-state index contributed by atoms with van der Waals surface area (Å²) in [6.07, 6.45) is -3.37. The predicted molar refractivity (Wildman–Crippen MR) is 109 cm³/mol. The van der Waals surface area contributed by atoms with Crippen molar-refractivity contribution in [2.45, 2.75) is 56.6 Å². The van der Waals surface area contributed by atoms with E-state index in [1.165, 1.54) is 19.1 Å². The van der Waals surface area contributed by atoms with Crippen molar-refractivity contribution >= 4 is 22.0 Å². The van der Waals surface area contributed by atoms with E-state index in [0.717, 1.165) is 12.5 Å². The summed E-state index contributed by atoms with van der Waals surface area (Å²) >= 11 is 0. The predicted octanol–water partition coefficient (Wildman–Crippen LogP) is 0.545. The molecule has 0 amide bonds. The molecule has 178 valence electrons. The molecule has 0 spiro atoms. The highest BCUT2D eigenvalue weighted by Crippen LogP contribution is 2.26. The fourth-order valence-corrected chi connectivity index (χ4v) is 4.34. The summed E-state index contributed by atoms with van der Waals surface area (Å²) in [5.74, 6) is -1.32. The molecule has 0 unspecified atom stereocenters. The van der Waals surface area contributed by atoms with Crippen molar-refractivity contribution in [3.8, 4) is 0 Å². The van der Waals surface area contributed by atoms with Gasteiger partial charge in [-0.3, -0.25) is 19.7 Å². The van der Waals surface area contributed by atoms with Crippen LogP contribution in [0.15, 0.2) is 29.2 Å². The normalized spacial score (nSPS) is 23.3. The fourth-order valence-electron chi connectivity index (χ4n) is 3.08. The molecule has 0 bridgehead atoms. The summed E-state index contributed by atoms with van der Waals surface area (Å²) in [6.45, 7) is 3.02. The molecule has 1 heterocycles. The summed E-state index contributed by atoms with van der Waals surface area (Å²) in [4.78, 5) is 32.9. The maximum atomic E-state index is 12.9. The van der Waals surface area contributed by atoms with E-state index in [4.69, 9.17) is 18.9 Å². The third-order valence-electron chi connectivity index (χ3n) is 4.50. The van der Waals surface area contributed by atoms with Crippen LogP contribution in [0.1, 0.15) is 25.8 Å². The van der Waals surface area contributed by atoms with Crippen LogP contribution in [0.2, 0.25) is 0 Å². The molecule has 1 aromatic carbocycles. The van der Waals surface area contributed by atoms with Gasteiger partial charge in [0.05, 0.1) is 10.9 Å². The minimum absolute atomic E-state index is 0.00137. The molecule has 1 aromatic rings. The standard InChI is InChI=1S/C19H26N2O10S/c1-12-4-6-15(7-5-12)32(26,27)20-16-10-18(28-9-8-21(24)25)31-17(11-29-13(2)22)19(16)30-14(3)23/h4-7,16-20H,8-11H2,1-3H3/t16-,17+,18-,19-/m0/s1. The second-order valence-electron chi connectivity index (χ2n) is 7.18. The molecule has 12 nitrogen and oxygen atoms in total. The van der Waals surface area contributed by atoms with E-state index in [1.807, 2.05) is 6.92 Å². The average Bonchev–Trinajstić information content (AvgIpc) is 2.68. The Morgan fingerprint density at radius 1 is 1.22 bits per heavy atom. The number of esters is 2. The maximum absolute atomic E-state index is 12.9. The van der Waals surface area contributed by atoms with Crippen LogP contribution in [0.5, 0.6) is 0 Å². The van der Waals surface area contributed by atoms with Crippen molar-refractivity contribution in [2.24, 2.45) is 0 Å². The minimum Gasteiger partial charge on any atom is -0.463 e. The van der Waals surface area contributed by atoms with Gasteiger partial charge < -0.3 is 18.9 Å². The topological polar surface area (TPSA) is 160 Å². The smallest absolute Gasteiger partial charge is 0.303 e. The highest BCUT2D eigenvalue weighted by Gasteiger charge is 2.44. The Kier molecular flexibility index (Phi) is 9.07. The number of nitrogens with one attached hydrogen (secondary N) is 1. The van der Waals surface area contributed by atoms with Gasteiger partial charge in [-0.2, -0.15) is 0 Å². The van der Waals surface area contributed by atoms with E-state index in [2.05, 4.69) is 4.72 Å². The van der Waals surface area contributed by atoms with Crippen LogP contribution < -0.4 is 4.72 Å². The van der Waals surface area contributed by atoms with Crippen LogP contribution in [0.25, 0.3) is 0 Å². The number of ether oxygens (including phenoxy) is 4. The molecule has 13 heteroatoms. The monoisotopic (exact) mass is 474 g/mol. The zero-order chi connectivity index (χ0) is 23.9. The summed E-state index contributed by atoms with van der Waals surface area (Å²) < 4.78 is 49.6. The summed E-state index contributed by atoms with van der Waals surface area (Å²) in [6, 6.07) is 5.11. The lowest BCUT2D eigenvalue weighted by atomic mass is 9.99. The van der Waals surface area contributed by atoms with E-state index in [9.17, 15) is 28.1 Å². The molecular weight excluding hydrogens is 448 g/mol. The summed E-state index contributed by atoms with van der Waals surface area (Å²) in [5, 5.41) is 10.6. The number of rotatable bonds is 10. The maximum Gasteiger partial charge on any atom is 0.303 e. The third-order valence-corrected chi connectivity index (χ3v) is 6.01. The van der Waals surface area contributed by atoms with E-state index in [0.29, 0.717) is 0 Å². The van der Waals surface area contributed by atoms with Crippen molar-refractivity contribution in [2.75, 3.05) is 19.8 Å². The number of carbonyl (C=O) groups is 2. The number of nitrogens with zero attached hydrogens (tertiary/aromatic N) is 1. The summed E-state index contributed by atoms with van der Waals surface area (Å²) in [7, 11) is -4.03. The molecule has 1 N–H and O–H groups in total. The third kappa shape index (κ3) is 7.82. The van der Waals surface area contributed by atoms with Gasteiger partial charge in [0, 0.05) is 25.2 Å². The van der Waals surface area contributed by atoms with Gasteiger partial charge >= 0.3 is 11.9 Å². The Labute approximate surface area is 185 Å². The van der Waals surface area contributed by atoms with Gasteiger partial charge in [0.25, 0.3) is 0 Å². The van der Waals surface area contributed by atoms with E-state index >= 15 is 0 Å². The lowest BCUT2D eigenvalue weighted by Gasteiger charge is -2.40. The van der Waals surface area contributed by atoms with Crippen molar-refractivity contribution < 1.29 is 41.9 Å². The Hall–Kier alpha value is -2.61. The zero-order valence-electron chi connectivity index (χ0n) is 17.9. The summed E-state index contributed by atoms with van der Waals surface area (Å²) in [5.41, 5.74) is 0.869. The number of hydrogen-bond acceptors (Lipinski definition) is 10. The molecule has 2 rings (SSSR count). The van der Waals surface area contributed by atoms with Crippen molar-refractivity contribution in [1.29, 1.82) is 0 Å². The lowest BCUT2D eigenvalue weighted by Crippen LogP contribution is -2.58. The van der Waals surface area contributed by atoms with Crippen LogP contribution in [-0.2, 0) is 38.6 Å². The Balaban J connectivity index is 2.28. The molecule has 0 aromatic heterocycles. The van der Waals surface area contributed by atoms with Crippen LogP contribution in [0, 0.1) is 17.0 Å². The van der Waals surface area contributed by atoms with Crippen molar-refractivity contribution in [3.05, 3.63) is 39.9 Å². The second kappa shape index (κ2) is 11.3. The quantitative estimate of drug-likeness (QED) is 0.288. The van der Waals surface area contributed by atoms with Gasteiger partial charge in [-0.15, -0.1) is 0 Å². The van der Waals surface area contributed by atoms with Gasteiger partial charge in [0.15, 0.2) is 6.29 Å². The highest BCUT2D eigenvalue weighted by molar-refractivity contribution is 7.89. The first-order valence-corrected chi connectivity index (χ1v) is 11.2. The number of sulfonamides is 1. The van der Waals surface area contributed by atoms with Gasteiger partial charge in [0.1, 0.15) is 25.4 Å². The van der Waals surface area contributed by atoms with Gasteiger partial charge in [-0.1, -0.05) is 17.7 Å². The molecule has 0 aliphatic carbocycles. The first kappa shape index (κ1) is 25.6. The Bertz CT molecular complexity index is 919. The van der Waals surface area contributed by atoms with Crippen LogP contribution in [0.3, 0.4) is 0 Å². The number of carbonyl (C=O) groups excluding carboxylic acids is 2. The highest BCUT2D eigenvalue weighted by atomic mass is 32.2. The number of aryl methyl sites for hydroxylation is 1. The van der Waals surface area contributed by atoms with Gasteiger partial charge in [-0.25, -0.2) is 13.1 Å². The number of nitro groups is 1. The molecule has 1 aliphatic heterocycles. The van der Waals surface area contributed by atoms with E-state index in [1.54, 1.807) is 12.1 Å². The molecule has 32 heavy (non-hydrogen) atoms. The lowest BCUT2D eigenvalue weighted by molar-refractivity contribution is -0.486. The molecule has 4 atom stereocenters. The zero-order valence-corrected chi connectivity index (χ0v) is 18.7. The number of benzene rings is 1. The fraction of sp³-hybridized carbons (Fsp3) is 0.579. The Morgan fingerprint density at radius 3 is 2.44 bits per heavy atom. The average molecular weight is 474 g/mol. The molecule has 1 saturated heterocycles. The van der Waals surface area contributed by atoms with Crippen LogP contribution >= 0.6 is 0 Å². The van der Waals surface area contributed by atoms with Crippen molar-refractivity contribution in [3.63, 3.8) is 0 Å². The first-order chi connectivity index (χ1) is 15.0. The largest absolute Gasteiger partial charge is 0.463 e. The van der Waals surface area contributed by atoms with E-state index in [-0.39, 0.29) is 24.5 Å². The molecule has 1 fully saturated rings. The Morgan fingerprint density at radius 2 is 1.88 bits per heavy atom.